The zero-order chi connectivity index (χ0) is 9.95. The maximum Gasteiger partial charge on any atom is 0.348 e. The molecule has 1 aliphatic heterocycles. The van der Waals surface area contributed by atoms with Crippen LogP contribution >= 0.6 is 0 Å². The van der Waals surface area contributed by atoms with Crippen LogP contribution in [0, 0.1) is 0 Å². The molecule has 1 fully saturated rings. The SMILES string of the molecule is CCC[Si](OC)(OC)C1(C)COC1. The van der Waals surface area contributed by atoms with E-state index in [1.165, 1.54) is 0 Å². The molecule has 0 saturated carbocycles. The van der Waals surface area contributed by atoms with Crippen molar-refractivity contribution in [2.75, 3.05) is 27.4 Å². The molecule has 1 aliphatic rings. The lowest BCUT2D eigenvalue weighted by atomic mass is 10.1. The molecule has 0 aliphatic carbocycles. The van der Waals surface area contributed by atoms with Crippen molar-refractivity contribution in [3.05, 3.63) is 0 Å². The van der Waals surface area contributed by atoms with Crippen LogP contribution in [0.15, 0.2) is 0 Å². The van der Waals surface area contributed by atoms with Crippen molar-refractivity contribution in [1.29, 1.82) is 0 Å². The standard InChI is InChI=1S/C9H20O3Si/c1-5-6-13(10-3,11-4)9(2)7-12-8-9/h5-8H2,1-4H3. The first-order valence-corrected chi connectivity index (χ1v) is 6.84. The molecule has 1 rings (SSSR count). The fourth-order valence-electron chi connectivity index (χ4n) is 2.04. The van der Waals surface area contributed by atoms with Gasteiger partial charge in [-0.25, -0.2) is 0 Å². The Bertz CT molecular complexity index is 164. The molecule has 3 nitrogen and oxygen atoms in total. The molecule has 0 aromatic rings. The minimum absolute atomic E-state index is 0.159. The van der Waals surface area contributed by atoms with Gasteiger partial charge in [-0.05, 0) is 6.04 Å². The summed E-state index contributed by atoms with van der Waals surface area (Å²) >= 11 is 0. The Morgan fingerprint density at radius 3 is 2.08 bits per heavy atom. The van der Waals surface area contributed by atoms with E-state index in [9.17, 15) is 0 Å². The predicted molar refractivity (Wildman–Crippen MR) is 54.1 cm³/mol. The van der Waals surface area contributed by atoms with Gasteiger partial charge in [0.1, 0.15) is 0 Å². The van der Waals surface area contributed by atoms with Crippen molar-refractivity contribution >= 4 is 8.56 Å². The van der Waals surface area contributed by atoms with E-state index in [-0.39, 0.29) is 5.04 Å². The van der Waals surface area contributed by atoms with Crippen LogP contribution in [-0.4, -0.2) is 36.0 Å². The molecule has 1 saturated heterocycles. The minimum atomic E-state index is -2.01. The van der Waals surface area contributed by atoms with E-state index in [0.717, 1.165) is 25.7 Å². The molecule has 13 heavy (non-hydrogen) atoms. The van der Waals surface area contributed by atoms with E-state index in [4.69, 9.17) is 13.6 Å². The summed E-state index contributed by atoms with van der Waals surface area (Å²) in [5, 5.41) is 0.159. The van der Waals surface area contributed by atoms with Gasteiger partial charge in [-0.15, -0.1) is 0 Å². The second-order valence-electron chi connectivity index (χ2n) is 3.96. The zero-order valence-corrected chi connectivity index (χ0v) is 10.1. The molecule has 0 aromatic heterocycles. The Morgan fingerprint density at radius 2 is 1.85 bits per heavy atom. The van der Waals surface area contributed by atoms with Crippen molar-refractivity contribution in [3.8, 4) is 0 Å². The van der Waals surface area contributed by atoms with Crippen molar-refractivity contribution in [2.24, 2.45) is 0 Å². The van der Waals surface area contributed by atoms with Gasteiger partial charge in [0.15, 0.2) is 0 Å². The molecule has 1 heterocycles. The third-order valence-corrected chi connectivity index (χ3v) is 7.60. The van der Waals surface area contributed by atoms with Gasteiger partial charge < -0.3 is 13.6 Å². The van der Waals surface area contributed by atoms with Crippen LogP contribution in [0.1, 0.15) is 20.3 Å². The van der Waals surface area contributed by atoms with Crippen molar-refractivity contribution in [1.82, 2.24) is 0 Å². The third-order valence-electron chi connectivity index (χ3n) is 3.00. The van der Waals surface area contributed by atoms with E-state index >= 15 is 0 Å². The fraction of sp³-hybridized carbons (Fsp3) is 1.00. The maximum atomic E-state index is 5.67. The Labute approximate surface area is 81.6 Å². The molecule has 0 bridgehead atoms. The van der Waals surface area contributed by atoms with E-state index in [1.807, 2.05) is 0 Å². The van der Waals surface area contributed by atoms with Gasteiger partial charge in [0.2, 0.25) is 0 Å². The summed E-state index contributed by atoms with van der Waals surface area (Å²) < 4.78 is 16.6. The second kappa shape index (κ2) is 4.08. The highest BCUT2D eigenvalue weighted by Gasteiger charge is 2.57. The summed E-state index contributed by atoms with van der Waals surface area (Å²) in [6.07, 6.45) is 1.11. The summed E-state index contributed by atoms with van der Waals surface area (Å²) in [5.41, 5.74) is 0. The number of hydrogen-bond acceptors (Lipinski definition) is 3. The molecular formula is C9H20O3Si. The molecular weight excluding hydrogens is 184 g/mol. The van der Waals surface area contributed by atoms with Gasteiger partial charge in [0, 0.05) is 14.2 Å². The molecule has 0 amide bonds. The Hall–Kier alpha value is 0.0969. The number of hydrogen-bond donors (Lipinski definition) is 0. The summed E-state index contributed by atoms with van der Waals surface area (Å²) in [5.74, 6) is 0. The van der Waals surface area contributed by atoms with Crippen LogP contribution in [0.3, 0.4) is 0 Å². The third kappa shape index (κ3) is 1.68. The average Bonchev–Trinajstić information content (AvgIpc) is 2.10. The van der Waals surface area contributed by atoms with Crippen molar-refractivity contribution in [2.45, 2.75) is 31.4 Å². The van der Waals surface area contributed by atoms with Gasteiger partial charge in [0.05, 0.1) is 18.3 Å². The van der Waals surface area contributed by atoms with Crippen molar-refractivity contribution < 1.29 is 13.6 Å². The topological polar surface area (TPSA) is 27.7 Å². The lowest BCUT2D eigenvalue weighted by Crippen LogP contribution is -2.59. The predicted octanol–water partition coefficient (Wildman–Crippen LogP) is 1.92. The molecule has 0 unspecified atom stereocenters. The van der Waals surface area contributed by atoms with Crippen LogP contribution in [0.25, 0.3) is 0 Å². The summed E-state index contributed by atoms with van der Waals surface area (Å²) in [7, 11) is 1.54. The van der Waals surface area contributed by atoms with Gasteiger partial charge in [-0.3, -0.25) is 0 Å². The quantitative estimate of drug-likeness (QED) is 0.640. The first-order chi connectivity index (χ1) is 6.14. The smallest absolute Gasteiger partial charge is 0.348 e. The van der Waals surface area contributed by atoms with E-state index in [2.05, 4.69) is 13.8 Å². The molecule has 0 N–H and O–H groups in total. The summed E-state index contributed by atoms with van der Waals surface area (Å²) in [4.78, 5) is 0. The van der Waals surface area contributed by atoms with Crippen molar-refractivity contribution in [3.63, 3.8) is 0 Å². The highest BCUT2D eigenvalue weighted by atomic mass is 28.4. The maximum absolute atomic E-state index is 5.67. The fourth-order valence-corrected chi connectivity index (χ4v) is 5.51. The van der Waals surface area contributed by atoms with Gasteiger partial charge in [-0.2, -0.15) is 0 Å². The van der Waals surface area contributed by atoms with Crippen LogP contribution in [-0.2, 0) is 13.6 Å². The number of rotatable bonds is 5. The Kier molecular flexibility index (Phi) is 3.51. The van der Waals surface area contributed by atoms with Crippen LogP contribution in [0.4, 0.5) is 0 Å². The second-order valence-corrected chi connectivity index (χ2v) is 7.99. The van der Waals surface area contributed by atoms with Gasteiger partial charge in [0.25, 0.3) is 0 Å². The molecule has 0 atom stereocenters. The Balaban J connectivity index is 2.74. The Morgan fingerprint density at radius 1 is 1.31 bits per heavy atom. The van der Waals surface area contributed by atoms with E-state index in [1.54, 1.807) is 14.2 Å². The lowest BCUT2D eigenvalue weighted by Gasteiger charge is -2.48. The summed E-state index contributed by atoms with van der Waals surface area (Å²) in [6, 6.07) is 1.06. The highest BCUT2D eigenvalue weighted by molar-refractivity contribution is 6.71. The van der Waals surface area contributed by atoms with E-state index < -0.39 is 8.56 Å². The normalized spacial score (nSPS) is 21.2. The first kappa shape index (κ1) is 11.2. The monoisotopic (exact) mass is 204 g/mol. The molecule has 0 radical (unpaired) electrons. The molecule has 4 heteroatoms. The molecule has 0 aromatic carbocycles. The minimum Gasteiger partial charge on any atom is -0.397 e. The van der Waals surface area contributed by atoms with Crippen LogP contribution in [0.2, 0.25) is 11.1 Å². The zero-order valence-electron chi connectivity index (χ0n) is 9.05. The van der Waals surface area contributed by atoms with E-state index in [0.29, 0.717) is 0 Å². The number of ether oxygens (including phenoxy) is 1. The van der Waals surface area contributed by atoms with Crippen LogP contribution in [0.5, 0.6) is 0 Å². The van der Waals surface area contributed by atoms with Crippen LogP contribution < -0.4 is 0 Å². The highest BCUT2D eigenvalue weighted by Crippen LogP contribution is 2.47. The van der Waals surface area contributed by atoms with Gasteiger partial charge >= 0.3 is 8.56 Å². The summed E-state index contributed by atoms with van der Waals surface area (Å²) in [6.45, 7) is 5.97. The lowest BCUT2D eigenvalue weighted by molar-refractivity contribution is -0.0381. The van der Waals surface area contributed by atoms with Gasteiger partial charge in [-0.1, -0.05) is 20.3 Å². The average molecular weight is 204 g/mol. The largest absolute Gasteiger partial charge is 0.397 e. The molecule has 0 spiro atoms. The first-order valence-electron chi connectivity index (χ1n) is 4.82. The molecule has 78 valence electrons.